The average molecular weight is 307 g/mol. The number of imidazole rings is 1. The highest BCUT2D eigenvalue weighted by Gasteiger charge is 2.24. The highest BCUT2D eigenvalue weighted by atomic mass is 79.9. The second-order valence-corrected chi connectivity index (χ2v) is 5.20. The molecule has 2 heterocycles. The first-order chi connectivity index (χ1) is 7.50. The fraction of sp³-hybridized carbons (Fsp3) is 0.167. The maximum absolute atomic E-state index is 11.9. The highest BCUT2D eigenvalue weighted by Crippen LogP contribution is 2.19. The van der Waals surface area contributed by atoms with Crippen LogP contribution >= 0.6 is 15.9 Å². The van der Waals surface area contributed by atoms with Crippen LogP contribution < -0.4 is 4.72 Å². The van der Waals surface area contributed by atoms with Crippen molar-refractivity contribution >= 4 is 31.9 Å². The lowest BCUT2D eigenvalue weighted by Gasteiger charge is -2.04. The Labute approximate surface area is 99.3 Å². The fourth-order valence-electron chi connectivity index (χ4n) is 1.10. The van der Waals surface area contributed by atoms with Crippen LogP contribution in [0.1, 0.15) is 0 Å². The lowest BCUT2D eigenvalue weighted by atomic mass is 10.9. The van der Waals surface area contributed by atoms with Crippen LogP contribution in [0.3, 0.4) is 0 Å². The van der Waals surface area contributed by atoms with Crippen molar-refractivity contribution in [2.24, 2.45) is 7.05 Å². The second-order valence-electron chi connectivity index (χ2n) is 2.85. The summed E-state index contributed by atoms with van der Waals surface area (Å²) >= 11 is 3.01. The van der Waals surface area contributed by atoms with E-state index in [1.165, 1.54) is 19.4 Å². The molecule has 10 heteroatoms. The number of sulfonamides is 1. The van der Waals surface area contributed by atoms with E-state index in [0.29, 0.717) is 0 Å². The van der Waals surface area contributed by atoms with Gasteiger partial charge in [0.05, 0.1) is 0 Å². The number of anilines is 1. The van der Waals surface area contributed by atoms with Gasteiger partial charge in [-0.25, -0.2) is 14.4 Å². The lowest BCUT2D eigenvalue weighted by Crippen LogP contribution is -2.17. The van der Waals surface area contributed by atoms with Gasteiger partial charge in [0.25, 0.3) is 10.0 Å². The lowest BCUT2D eigenvalue weighted by molar-refractivity contribution is 0.578. The number of aromatic amines is 1. The molecule has 0 fully saturated rings. The summed E-state index contributed by atoms with van der Waals surface area (Å²) in [6.45, 7) is 0. The predicted molar refractivity (Wildman–Crippen MR) is 58.1 cm³/mol. The molecule has 0 spiro atoms. The Kier molecular flexibility index (Phi) is 2.68. The molecule has 86 valence electrons. The molecule has 0 saturated carbocycles. The Morgan fingerprint density at radius 1 is 1.56 bits per heavy atom. The highest BCUT2D eigenvalue weighted by molar-refractivity contribution is 9.10. The van der Waals surface area contributed by atoms with Gasteiger partial charge in [-0.1, -0.05) is 5.21 Å². The van der Waals surface area contributed by atoms with Gasteiger partial charge < -0.3 is 4.98 Å². The van der Waals surface area contributed by atoms with Crippen molar-refractivity contribution in [1.29, 1.82) is 0 Å². The van der Waals surface area contributed by atoms with Gasteiger partial charge in [-0.05, 0) is 15.9 Å². The maximum Gasteiger partial charge on any atom is 0.284 e. The van der Waals surface area contributed by atoms with Gasteiger partial charge in [-0.2, -0.15) is 8.42 Å². The van der Waals surface area contributed by atoms with E-state index in [2.05, 4.69) is 40.9 Å². The van der Waals surface area contributed by atoms with E-state index >= 15 is 0 Å². The molecule has 0 atom stereocenters. The molecule has 2 N–H and O–H groups in total. The number of H-pyrrole nitrogens is 1. The third-order valence-corrected chi connectivity index (χ3v) is 3.95. The molecule has 0 aliphatic rings. The van der Waals surface area contributed by atoms with Crippen LogP contribution in [-0.2, 0) is 17.1 Å². The van der Waals surface area contributed by atoms with Crippen molar-refractivity contribution in [3.63, 3.8) is 0 Å². The second kappa shape index (κ2) is 3.87. The Hall–Kier alpha value is -1.42. The normalized spacial score (nSPS) is 11.6. The van der Waals surface area contributed by atoms with Gasteiger partial charge in [0.1, 0.15) is 0 Å². The van der Waals surface area contributed by atoms with E-state index < -0.39 is 10.0 Å². The summed E-state index contributed by atoms with van der Waals surface area (Å²) < 4.78 is 27.4. The van der Waals surface area contributed by atoms with Crippen LogP contribution in [0.15, 0.2) is 22.0 Å². The molecule has 0 aliphatic carbocycles. The van der Waals surface area contributed by atoms with Gasteiger partial charge in [-0.3, -0.25) is 0 Å². The van der Waals surface area contributed by atoms with Gasteiger partial charge in [0.15, 0.2) is 4.60 Å². The summed E-state index contributed by atoms with van der Waals surface area (Å²) in [6.07, 6.45) is 2.95. The van der Waals surface area contributed by atoms with Crippen molar-refractivity contribution in [3.05, 3.63) is 17.0 Å². The van der Waals surface area contributed by atoms with E-state index in [9.17, 15) is 8.42 Å². The fourth-order valence-corrected chi connectivity index (χ4v) is 3.18. The van der Waals surface area contributed by atoms with Crippen molar-refractivity contribution in [1.82, 2.24) is 25.0 Å². The van der Waals surface area contributed by atoms with Crippen LogP contribution in [0.25, 0.3) is 0 Å². The topological polar surface area (TPSA) is 106 Å². The van der Waals surface area contributed by atoms with E-state index in [0.717, 1.165) is 4.68 Å². The first-order valence-corrected chi connectivity index (χ1v) is 6.35. The van der Waals surface area contributed by atoms with E-state index in [1.807, 2.05) is 0 Å². The summed E-state index contributed by atoms with van der Waals surface area (Å²) in [6, 6.07) is 0. The largest absolute Gasteiger partial charge is 0.330 e. The molecule has 2 rings (SSSR count). The molecule has 0 saturated heterocycles. The van der Waals surface area contributed by atoms with Gasteiger partial charge >= 0.3 is 0 Å². The summed E-state index contributed by atoms with van der Waals surface area (Å²) in [4.78, 5) is 6.39. The minimum atomic E-state index is -3.75. The first kappa shape index (κ1) is 11.1. The average Bonchev–Trinajstić information content (AvgIpc) is 2.76. The molecule has 0 unspecified atom stereocenters. The molecule has 0 bridgehead atoms. The van der Waals surface area contributed by atoms with E-state index in [1.54, 1.807) is 0 Å². The number of hydrogen-bond acceptors (Lipinski definition) is 5. The van der Waals surface area contributed by atoms with E-state index in [-0.39, 0.29) is 15.6 Å². The quantitative estimate of drug-likeness (QED) is 0.836. The number of aromatic nitrogens is 5. The summed E-state index contributed by atoms with van der Waals surface area (Å²) in [7, 11) is -2.27. The molecule has 2 aromatic heterocycles. The standard InChI is InChI=1S/C6H7BrN6O2S/c1-13-5(4(7)10-12-13)16(14,15)11-6-8-2-3-9-6/h2-3H,1H3,(H2,8,9,11). The molecular weight excluding hydrogens is 300 g/mol. The number of aryl methyl sites for hydroxylation is 1. The number of hydrogen-bond donors (Lipinski definition) is 2. The SMILES string of the molecule is Cn1nnc(Br)c1S(=O)(=O)Nc1ncc[nH]1. The van der Waals surface area contributed by atoms with Crippen molar-refractivity contribution in [3.8, 4) is 0 Å². The maximum atomic E-state index is 11.9. The van der Waals surface area contributed by atoms with Crippen LogP contribution in [0.4, 0.5) is 5.95 Å². The van der Waals surface area contributed by atoms with Crippen molar-refractivity contribution < 1.29 is 8.42 Å². The molecule has 0 radical (unpaired) electrons. The monoisotopic (exact) mass is 306 g/mol. The molecule has 0 aromatic carbocycles. The Morgan fingerprint density at radius 2 is 2.31 bits per heavy atom. The Balaban J connectivity index is 2.40. The molecule has 16 heavy (non-hydrogen) atoms. The van der Waals surface area contributed by atoms with Gasteiger partial charge in [0, 0.05) is 19.4 Å². The van der Waals surface area contributed by atoms with Gasteiger partial charge in [0.2, 0.25) is 11.0 Å². The molecule has 0 amide bonds. The van der Waals surface area contributed by atoms with Crippen molar-refractivity contribution in [2.75, 3.05) is 4.72 Å². The number of halogens is 1. The van der Waals surface area contributed by atoms with Crippen LogP contribution in [-0.4, -0.2) is 33.4 Å². The molecule has 8 nitrogen and oxygen atoms in total. The summed E-state index contributed by atoms with van der Waals surface area (Å²) in [5.41, 5.74) is 0. The zero-order chi connectivity index (χ0) is 11.8. The molecule has 0 aliphatic heterocycles. The minimum Gasteiger partial charge on any atom is -0.330 e. The van der Waals surface area contributed by atoms with Crippen LogP contribution in [0.2, 0.25) is 0 Å². The van der Waals surface area contributed by atoms with Crippen molar-refractivity contribution in [2.45, 2.75) is 5.03 Å². The number of nitrogens with one attached hydrogen (secondary N) is 2. The predicted octanol–water partition coefficient (Wildman–Crippen LogP) is 0.101. The van der Waals surface area contributed by atoms with Crippen LogP contribution in [0, 0.1) is 0 Å². The Morgan fingerprint density at radius 3 is 2.81 bits per heavy atom. The first-order valence-electron chi connectivity index (χ1n) is 4.08. The molecular formula is C6H7BrN6O2S. The zero-order valence-electron chi connectivity index (χ0n) is 8.05. The van der Waals surface area contributed by atoms with Crippen LogP contribution in [0.5, 0.6) is 0 Å². The third-order valence-electron chi connectivity index (χ3n) is 1.72. The molecule has 2 aromatic rings. The summed E-state index contributed by atoms with van der Waals surface area (Å²) in [5.74, 6) is 0.133. The Bertz CT molecular complexity index is 569. The summed E-state index contributed by atoms with van der Waals surface area (Å²) in [5, 5.41) is 7.11. The van der Waals surface area contributed by atoms with Gasteiger partial charge in [-0.15, -0.1) is 5.10 Å². The smallest absolute Gasteiger partial charge is 0.284 e. The number of nitrogens with zero attached hydrogens (tertiary/aromatic N) is 4. The third kappa shape index (κ3) is 1.93. The minimum absolute atomic E-state index is 0.0658. The number of rotatable bonds is 3. The zero-order valence-corrected chi connectivity index (χ0v) is 10.4. The van der Waals surface area contributed by atoms with E-state index in [4.69, 9.17) is 0 Å².